The Bertz CT molecular complexity index is 1150. The van der Waals surface area contributed by atoms with E-state index in [1.54, 1.807) is 25.4 Å². The van der Waals surface area contributed by atoms with E-state index in [-0.39, 0.29) is 11.8 Å². The van der Waals surface area contributed by atoms with Crippen molar-refractivity contribution in [1.29, 1.82) is 0 Å². The molecule has 1 aliphatic heterocycles. The van der Waals surface area contributed by atoms with E-state index in [0.29, 0.717) is 38.1 Å². The van der Waals surface area contributed by atoms with Gasteiger partial charge in [0.1, 0.15) is 21.4 Å². The molecule has 2 amide bonds. The lowest BCUT2D eigenvalue weighted by Crippen LogP contribution is -2.23. The predicted molar refractivity (Wildman–Crippen MR) is 114 cm³/mol. The van der Waals surface area contributed by atoms with Crippen molar-refractivity contribution >= 4 is 57.2 Å². The van der Waals surface area contributed by atoms with Crippen LogP contribution in [0.5, 0.6) is 5.75 Å². The Balaban J connectivity index is 1.54. The first-order valence-electron chi connectivity index (χ1n) is 8.57. The molecular formula is C20H15N3O4S2. The van der Waals surface area contributed by atoms with Crippen LogP contribution in [0.4, 0.5) is 0 Å². The number of thioether (sulfide) groups is 1. The van der Waals surface area contributed by atoms with Gasteiger partial charge in [-0.05, 0) is 23.8 Å². The number of aromatic nitrogens is 1. The number of pyridine rings is 1. The highest BCUT2D eigenvalue weighted by Crippen LogP contribution is 2.29. The molecule has 29 heavy (non-hydrogen) atoms. The number of nitrogens with one attached hydrogen (secondary N) is 2. The van der Waals surface area contributed by atoms with Crippen molar-refractivity contribution in [2.24, 2.45) is 0 Å². The molecule has 146 valence electrons. The SMILES string of the molecule is COc1ccc(CNC(=O)c2cncc3cc(C=C4SC(=S)NC4=O)oc23)cc1. The first-order chi connectivity index (χ1) is 14.0. The molecule has 3 heterocycles. The van der Waals surface area contributed by atoms with Crippen molar-refractivity contribution in [3.63, 3.8) is 0 Å². The number of hydrogen-bond acceptors (Lipinski definition) is 7. The minimum Gasteiger partial charge on any atom is -0.497 e. The lowest BCUT2D eigenvalue weighted by Gasteiger charge is -2.06. The summed E-state index contributed by atoms with van der Waals surface area (Å²) in [6.07, 6.45) is 4.66. The molecule has 1 aliphatic rings. The van der Waals surface area contributed by atoms with Gasteiger partial charge in [0, 0.05) is 30.4 Å². The summed E-state index contributed by atoms with van der Waals surface area (Å²) in [5.74, 6) is 0.623. The van der Waals surface area contributed by atoms with Gasteiger partial charge in [0.25, 0.3) is 11.8 Å². The van der Waals surface area contributed by atoms with Crippen LogP contribution >= 0.6 is 24.0 Å². The fourth-order valence-corrected chi connectivity index (χ4v) is 3.81. The molecule has 0 atom stereocenters. The lowest BCUT2D eigenvalue weighted by atomic mass is 10.2. The van der Waals surface area contributed by atoms with Crippen molar-refractivity contribution in [2.45, 2.75) is 6.54 Å². The summed E-state index contributed by atoms with van der Waals surface area (Å²) in [7, 11) is 1.60. The Labute approximate surface area is 175 Å². The molecule has 2 N–H and O–H groups in total. The molecule has 0 unspecified atom stereocenters. The van der Waals surface area contributed by atoms with Gasteiger partial charge in [-0.25, -0.2) is 0 Å². The van der Waals surface area contributed by atoms with Crippen LogP contribution in [0.15, 0.2) is 52.0 Å². The summed E-state index contributed by atoms with van der Waals surface area (Å²) in [4.78, 5) is 29.1. The summed E-state index contributed by atoms with van der Waals surface area (Å²) >= 11 is 6.15. The van der Waals surface area contributed by atoms with E-state index in [1.165, 1.54) is 18.0 Å². The molecule has 0 radical (unpaired) electrons. The number of amides is 2. The molecule has 0 aliphatic carbocycles. The molecule has 7 nitrogen and oxygen atoms in total. The average molecular weight is 425 g/mol. The van der Waals surface area contributed by atoms with Crippen LogP contribution < -0.4 is 15.4 Å². The second-order valence-electron chi connectivity index (χ2n) is 6.14. The molecule has 1 aromatic carbocycles. The Hall–Kier alpha value is -3.17. The molecular weight excluding hydrogens is 410 g/mol. The topological polar surface area (TPSA) is 93.5 Å². The number of methoxy groups -OCH3 is 1. The first kappa shape index (κ1) is 19.2. The van der Waals surface area contributed by atoms with Crippen LogP contribution in [0.1, 0.15) is 21.7 Å². The van der Waals surface area contributed by atoms with Gasteiger partial charge < -0.3 is 19.8 Å². The summed E-state index contributed by atoms with van der Waals surface area (Å²) in [5, 5.41) is 6.08. The number of carbonyl (C=O) groups excluding carboxylic acids is 2. The van der Waals surface area contributed by atoms with E-state index in [0.717, 1.165) is 11.3 Å². The molecule has 9 heteroatoms. The second-order valence-corrected chi connectivity index (χ2v) is 7.86. The maximum absolute atomic E-state index is 12.7. The van der Waals surface area contributed by atoms with E-state index in [4.69, 9.17) is 21.4 Å². The average Bonchev–Trinajstić information content (AvgIpc) is 3.28. The number of benzene rings is 1. The molecule has 3 aromatic rings. The minimum atomic E-state index is -0.304. The molecule has 0 saturated carbocycles. The van der Waals surface area contributed by atoms with Crippen LogP contribution in [-0.4, -0.2) is 28.2 Å². The monoisotopic (exact) mass is 425 g/mol. The zero-order valence-electron chi connectivity index (χ0n) is 15.2. The maximum Gasteiger partial charge on any atom is 0.263 e. The Morgan fingerprint density at radius 2 is 2.14 bits per heavy atom. The molecule has 2 aromatic heterocycles. The van der Waals surface area contributed by atoms with Gasteiger partial charge >= 0.3 is 0 Å². The summed E-state index contributed by atoms with van der Waals surface area (Å²) in [5.41, 5.74) is 1.66. The number of nitrogens with zero attached hydrogens (tertiary/aromatic N) is 1. The molecule has 1 fully saturated rings. The van der Waals surface area contributed by atoms with Gasteiger partial charge in [-0.15, -0.1) is 0 Å². The van der Waals surface area contributed by atoms with E-state index in [9.17, 15) is 9.59 Å². The first-order valence-corrected chi connectivity index (χ1v) is 9.79. The highest BCUT2D eigenvalue weighted by Gasteiger charge is 2.23. The largest absolute Gasteiger partial charge is 0.497 e. The molecule has 1 saturated heterocycles. The molecule has 0 bridgehead atoms. The van der Waals surface area contributed by atoms with E-state index in [1.807, 2.05) is 24.3 Å². The minimum absolute atomic E-state index is 0.268. The fraction of sp³-hybridized carbons (Fsp3) is 0.100. The van der Waals surface area contributed by atoms with Gasteiger partial charge in [-0.2, -0.15) is 0 Å². The zero-order chi connectivity index (χ0) is 20.4. The van der Waals surface area contributed by atoms with Gasteiger partial charge in [-0.3, -0.25) is 14.6 Å². The highest BCUT2D eigenvalue weighted by molar-refractivity contribution is 8.26. The van der Waals surface area contributed by atoms with E-state index >= 15 is 0 Å². The molecule has 4 rings (SSSR count). The summed E-state index contributed by atoms with van der Waals surface area (Å²) < 4.78 is 11.3. The maximum atomic E-state index is 12.7. The fourth-order valence-electron chi connectivity index (χ4n) is 2.79. The predicted octanol–water partition coefficient (Wildman–Crippen LogP) is 3.26. The zero-order valence-corrected chi connectivity index (χ0v) is 16.9. The van der Waals surface area contributed by atoms with Crippen LogP contribution in [0.2, 0.25) is 0 Å². The van der Waals surface area contributed by atoms with Crippen LogP contribution in [0.25, 0.3) is 17.0 Å². The second kappa shape index (κ2) is 8.06. The van der Waals surface area contributed by atoms with Crippen LogP contribution in [-0.2, 0) is 11.3 Å². The van der Waals surface area contributed by atoms with Crippen LogP contribution in [0.3, 0.4) is 0 Å². The lowest BCUT2D eigenvalue weighted by molar-refractivity contribution is -0.115. The number of hydrogen-bond donors (Lipinski definition) is 2. The third kappa shape index (κ3) is 4.15. The smallest absolute Gasteiger partial charge is 0.263 e. The number of rotatable bonds is 5. The quantitative estimate of drug-likeness (QED) is 0.479. The third-order valence-corrected chi connectivity index (χ3v) is 5.38. The van der Waals surface area contributed by atoms with Gasteiger partial charge in [-0.1, -0.05) is 36.1 Å². The van der Waals surface area contributed by atoms with Crippen molar-refractivity contribution in [3.05, 3.63) is 64.5 Å². The normalized spacial score (nSPS) is 15.0. The summed E-state index contributed by atoms with van der Waals surface area (Å²) in [6, 6.07) is 9.15. The van der Waals surface area contributed by atoms with Crippen molar-refractivity contribution in [2.75, 3.05) is 7.11 Å². The van der Waals surface area contributed by atoms with Crippen LogP contribution in [0, 0.1) is 0 Å². The number of carbonyl (C=O) groups is 2. The van der Waals surface area contributed by atoms with Gasteiger partial charge in [0.05, 0.1) is 12.0 Å². The van der Waals surface area contributed by atoms with Gasteiger partial charge in [0.2, 0.25) is 0 Å². The number of ether oxygens (including phenoxy) is 1. The van der Waals surface area contributed by atoms with Crippen molar-refractivity contribution in [1.82, 2.24) is 15.6 Å². The number of fused-ring (bicyclic) bond motifs is 1. The standard InChI is InChI=1S/C20H15N3O4S2/c1-26-13-4-2-11(3-5-13)8-22-18(24)15-10-21-9-12-6-14(27-17(12)15)7-16-19(25)23-20(28)29-16/h2-7,9-10H,8H2,1H3,(H,22,24)(H,23,25,28). The number of furan rings is 1. The van der Waals surface area contributed by atoms with E-state index < -0.39 is 0 Å². The third-order valence-electron chi connectivity index (χ3n) is 4.21. The Morgan fingerprint density at radius 1 is 1.34 bits per heavy atom. The Morgan fingerprint density at radius 3 is 2.83 bits per heavy atom. The van der Waals surface area contributed by atoms with Gasteiger partial charge in [0.15, 0.2) is 5.58 Å². The highest BCUT2D eigenvalue weighted by atomic mass is 32.2. The number of thiocarbonyl (C=S) groups is 1. The Kier molecular flexibility index (Phi) is 5.32. The molecule has 0 spiro atoms. The van der Waals surface area contributed by atoms with Crippen molar-refractivity contribution in [3.8, 4) is 5.75 Å². The summed E-state index contributed by atoms with van der Waals surface area (Å²) in [6.45, 7) is 0.352. The van der Waals surface area contributed by atoms with E-state index in [2.05, 4.69) is 15.6 Å². The van der Waals surface area contributed by atoms with Crippen molar-refractivity contribution < 1.29 is 18.7 Å².